The molecule has 0 unspecified atom stereocenters. The van der Waals surface area contributed by atoms with Crippen LogP contribution in [0.2, 0.25) is 0 Å². The minimum absolute atomic E-state index is 0.253. The maximum absolute atomic E-state index is 12.0. The number of aromatic nitrogens is 2. The molecule has 6 heteroatoms. The molecule has 3 N–H and O–H groups in total. The van der Waals surface area contributed by atoms with Gasteiger partial charge in [-0.1, -0.05) is 12.1 Å². The van der Waals surface area contributed by atoms with Gasteiger partial charge in [-0.05, 0) is 25.5 Å². The highest BCUT2D eigenvalue weighted by Gasteiger charge is 2.14. The van der Waals surface area contributed by atoms with E-state index in [-0.39, 0.29) is 5.91 Å². The molecule has 0 saturated carbocycles. The van der Waals surface area contributed by atoms with Gasteiger partial charge in [0.1, 0.15) is 5.82 Å². The third-order valence-electron chi connectivity index (χ3n) is 2.28. The Hall–Kier alpha value is -1.95. The van der Waals surface area contributed by atoms with E-state index in [0.717, 1.165) is 17.1 Å². The smallest absolute Gasteiger partial charge is 0.259 e. The zero-order valence-electron chi connectivity index (χ0n) is 9.52. The van der Waals surface area contributed by atoms with E-state index < -0.39 is 0 Å². The first kappa shape index (κ1) is 11.5. The number of hydrogen-bond acceptors (Lipinski definition) is 5. The summed E-state index contributed by atoms with van der Waals surface area (Å²) in [6.07, 6.45) is 0. The highest BCUT2D eigenvalue weighted by molar-refractivity contribution is 7.09. The highest BCUT2D eigenvalue weighted by Crippen LogP contribution is 2.19. The fraction of sp³-hybridized carbons (Fsp3) is 0.182. The van der Waals surface area contributed by atoms with Crippen LogP contribution in [-0.4, -0.2) is 15.3 Å². The van der Waals surface area contributed by atoms with Crippen LogP contribution in [0.1, 0.15) is 21.7 Å². The molecule has 1 aromatic heterocycles. The Morgan fingerprint density at radius 2 is 2.18 bits per heavy atom. The van der Waals surface area contributed by atoms with Gasteiger partial charge in [0, 0.05) is 17.2 Å². The van der Waals surface area contributed by atoms with Gasteiger partial charge >= 0.3 is 0 Å². The summed E-state index contributed by atoms with van der Waals surface area (Å²) >= 11 is 1.15. The first-order valence-electron chi connectivity index (χ1n) is 5.04. The molecular weight excluding hydrogens is 236 g/mol. The van der Waals surface area contributed by atoms with Gasteiger partial charge in [0.05, 0.1) is 5.56 Å². The number of carbonyl (C=O) groups is 1. The molecule has 0 aliphatic carbocycles. The molecule has 0 bridgehead atoms. The first-order valence-corrected chi connectivity index (χ1v) is 5.82. The lowest BCUT2D eigenvalue weighted by molar-refractivity contribution is 0.102. The largest absolute Gasteiger partial charge is 0.398 e. The molecule has 0 radical (unpaired) electrons. The summed E-state index contributed by atoms with van der Waals surface area (Å²) < 4.78 is 3.99. The van der Waals surface area contributed by atoms with Crippen LogP contribution >= 0.6 is 11.5 Å². The number of rotatable bonds is 2. The maximum atomic E-state index is 12.0. The van der Waals surface area contributed by atoms with Crippen molar-refractivity contribution in [3.63, 3.8) is 0 Å². The second kappa shape index (κ2) is 4.50. The van der Waals surface area contributed by atoms with Crippen molar-refractivity contribution in [3.8, 4) is 0 Å². The summed E-state index contributed by atoms with van der Waals surface area (Å²) in [6, 6.07) is 5.36. The minimum Gasteiger partial charge on any atom is -0.398 e. The number of nitrogens with one attached hydrogen (secondary N) is 1. The Kier molecular flexibility index (Phi) is 3.06. The average molecular weight is 248 g/mol. The second-order valence-corrected chi connectivity index (χ2v) is 4.39. The molecule has 2 rings (SSSR count). The molecule has 88 valence electrons. The van der Waals surface area contributed by atoms with Crippen LogP contribution in [0.4, 0.5) is 10.8 Å². The molecule has 0 saturated heterocycles. The Bertz CT molecular complexity index is 544. The van der Waals surface area contributed by atoms with Crippen molar-refractivity contribution in [1.82, 2.24) is 9.36 Å². The number of amides is 1. The van der Waals surface area contributed by atoms with Crippen molar-refractivity contribution in [2.45, 2.75) is 13.8 Å². The van der Waals surface area contributed by atoms with Crippen LogP contribution in [0.15, 0.2) is 18.2 Å². The monoisotopic (exact) mass is 248 g/mol. The number of carbonyl (C=O) groups excluding carboxylic acids is 1. The number of benzene rings is 1. The van der Waals surface area contributed by atoms with E-state index in [2.05, 4.69) is 14.7 Å². The van der Waals surface area contributed by atoms with Gasteiger partial charge in [-0.2, -0.15) is 4.37 Å². The Balaban J connectivity index is 2.26. The summed E-state index contributed by atoms with van der Waals surface area (Å²) in [4.78, 5) is 16.1. The maximum Gasteiger partial charge on any atom is 0.259 e. The van der Waals surface area contributed by atoms with Crippen LogP contribution in [0.5, 0.6) is 0 Å². The van der Waals surface area contributed by atoms with Gasteiger partial charge in [0.25, 0.3) is 5.91 Å². The zero-order valence-corrected chi connectivity index (χ0v) is 10.3. The van der Waals surface area contributed by atoms with Crippen LogP contribution < -0.4 is 11.1 Å². The van der Waals surface area contributed by atoms with Crippen LogP contribution in [-0.2, 0) is 0 Å². The van der Waals surface area contributed by atoms with Crippen molar-refractivity contribution in [3.05, 3.63) is 35.2 Å². The van der Waals surface area contributed by atoms with E-state index in [1.807, 2.05) is 19.1 Å². The number of aryl methyl sites for hydroxylation is 2. The SMILES string of the molecule is Cc1nsc(NC(=O)c2c(C)cccc2N)n1. The lowest BCUT2D eigenvalue weighted by Gasteiger charge is -2.07. The van der Waals surface area contributed by atoms with Gasteiger partial charge in [-0.15, -0.1) is 0 Å². The number of nitrogen functional groups attached to an aromatic ring is 1. The topological polar surface area (TPSA) is 80.9 Å². The minimum atomic E-state index is -0.253. The molecule has 1 amide bonds. The molecule has 0 aliphatic heterocycles. The molecule has 1 heterocycles. The van der Waals surface area contributed by atoms with Gasteiger partial charge in [0.15, 0.2) is 0 Å². The van der Waals surface area contributed by atoms with E-state index in [0.29, 0.717) is 22.2 Å². The predicted molar refractivity (Wildman–Crippen MR) is 68.2 cm³/mol. The van der Waals surface area contributed by atoms with Crippen LogP contribution in [0, 0.1) is 13.8 Å². The van der Waals surface area contributed by atoms with E-state index >= 15 is 0 Å². The molecule has 0 atom stereocenters. The second-order valence-electron chi connectivity index (χ2n) is 3.64. The van der Waals surface area contributed by atoms with Crippen molar-refractivity contribution in [1.29, 1.82) is 0 Å². The van der Waals surface area contributed by atoms with Gasteiger partial charge in [-0.25, -0.2) is 4.98 Å². The standard InChI is InChI=1S/C11H12N4OS/c1-6-4-3-5-8(12)9(6)10(16)14-11-13-7(2)15-17-11/h3-5H,12H2,1-2H3,(H,13,14,15,16). The summed E-state index contributed by atoms with van der Waals surface area (Å²) in [5.74, 6) is 0.389. The van der Waals surface area contributed by atoms with Crippen molar-refractivity contribution < 1.29 is 4.79 Å². The molecule has 17 heavy (non-hydrogen) atoms. The summed E-state index contributed by atoms with van der Waals surface area (Å²) in [7, 11) is 0. The third kappa shape index (κ3) is 2.42. The van der Waals surface area contributed by atoms with Crippen molar-refractivity contribution in [2.75, 3.05) is 11.1 Å². The lowest BCUT2D eigenvalue weighted by atomic mass is 10.1. The molecular formula is C11H12N4OS. The fourth-order valence-corrected chi connectivity index (χ4v) is 2.08. The quantitative estimate of drug-likeness (QED) is 0.796. The Morgan fingerprint density at radius 3 is 2.76 bits per heavy atom. The van der Waals surface area contributed by atoms with E-state index in [1.54, 1.807) is 13.0 Å². The summed E-state index contributed by atoms with van der Waals surface area (Å²) in [5.41, 5.74) is 7.57. The van der Waals surface area contributed by atoms with E-state index in [4.69, 9.17) is 5.73 Å². The van der Waals surface area contributed by atoms with Gasteiger partial charge in [-0.3, -0.25) is 10.1 Å². The Labute approximate surface area is 103 Å². The number of hydrogen-bond donors (Lipinski definition) is 2. The normalized spacial score (nSPS) is 10.2. The third-order valence-corrected chi connectivity index (χ3v) is 3.00. The summed E-state index contributed by atoms with van der Waals surface area (Å²) in [5, 5.41) is 3.17. The van der Waals surface area contributed by atoms with Gasteiger partial charge in [0.2, 0.25) is 5.13 Å². The van der Waals surface area contributed by atoms with Gasteiger partial charge < -0.3 is 5.73 Å². The molecule has 1 aromatic carbocycles. The first-order chi connectivity index (χ1) is 8.08. The molecule has 0 fully saturated rings. The van der Waals surface area contributed by atoms with E-state index in [1.165, 1.54) is 0 Å². The van der Waals surface area contributed by atoms with E-state index in [9.17, 15) is 4.79 Å². The van der Waals surface area contributed by atoms with Crippen molar-refractivity contribution >= 4 is 28.3 Å². The molecule has 0 spiro atoms. The molecule has 0 aliphatic rings. The average Bonchev–Trinajstić information content (AvgIpc) is 2.63. The molecule has 2 aromatic rings. The van der Waals surface area contributed by atoms with Crippen molar-refractivity contribution in [2.24, 2.45) is 0 Å². The Morgan fingerprint density at radius 1 is 1.41 bits per heavy atom. The van der Waals surface area contributed by atoms with Crippen LogP contribution in [0.25, 0.3) is 0 Å². The fourth-order valence-electron chi connectivity index (χ4n) is 1.51. The number of nitrogens with zero attached hydrogens (tertiary/aromatic N) is 2. The summed E-state index contributed by atoms with van der Waals surface area (Å²) in [6.45, 7) is 3.62. The lowest BCUT2D eigenvalue weighted by Crippen LogP contribution is -2.15. The number of nitrogens with two attached hydrogens (primary N) is 1. The highest BCUT2D eigenvalue weighted by atomic mass is 32.1. The zero-order chi connectivity index (χ0) is 12.4. The van der Waals surface area contributed by atoms with Crippen LogP contribution in [0.3, 0.4) is 0 Å². The number of anilines is 2. The predicted octanol–water partition coefficient (Wildman–Crippen LogP) is 1.99. The molecule has 5 nitrogen and oxygen atoms in total.